The van der Waals surface area contributed by atoms with E-state index in [0.717, 1.165) is 4.90 Å². The Morgan fingerprint density at radius 2 is 1.58 bits per heavy atom. The van der Waals surface area contributed by atoms with Crippen molar-refractivity contribution in [3.8, 4) is 11.5 Å². The summed E-state index contributed by atoms with van der Waals surface area (Å²) in [6.45, 7) is 0.998. The Morgan fingerprint density at radius 1 is 0.871 bits per heavy atom. The normalized spacial score (nSPS) is 12.2. The summed E-state index contributed by atoms with van der Waals surface area (Å²) in [4.78, 5) is 25.3. The minimum atomic E-state index is -0.573. The molecule has 0 aliphatic carbocycles. The standard InChI is InChI=1S/C23H19FN2O4S/c24-19-4-2-1-3-18(19)23(28)26-15-5-8-17(9-6-15)31-14-22(27)25-16-7-10-20-21(13-16)30-12-11-29-20/h1-10,13H,11-12,14H2,(H,25,27)(H,26,28). The van der Waals surface area contributed by atoms with E-state index in [1.165, 1.54) is 30.0 Å². The van der Waals surface area contributed by atoms with Crippen LogP contribution in [0.4, 0.5) is 15.8 Å². The number of halogens is 1. The summed E-state index contributed by atoms with van der Waals surface area (Å²) in [5, 5.41) is 5.49. The Labute approximate surface area is 182 Å². The van der Waals surface area contributed by atoms with Crippen LogP contribution in [0.3, 0.4) is 0 Å². The van der Waals surface area contributed by atoms with Gasteiger partial charge in [0.05, 0.1) is 11.3 Å². The summed E-state index contributed by atoms with van der Waals surface area (Å²) in [6.07, 6.45) is 0. The molecule has 0 spiro atoms. The van der Waals surface area contributed by atoms with Gasteiger partial charge in [0.15, 0.2) is 11.5 Å². The number of nitrogens with one attached hydrogen (secondary N) is 2. The van der Waals surface area contributed by atoms with Crippen LogP contribution in [0.1, 0.15) is 10.4 Å². The molecule has 3 aromatic carbocycles. The number of thioether (sulfide) groups is 1. The number of hydrogen-bond donors (Lipinski definition) is 2. The third kappa shape index (κ3) is 5.35. The fourth-order valence-corrected chi connectivity index (χ4v) is 3.64. The minimum Gasteiger partial charge on any atom is -0.486 e. The van der Waals surface area contributed by atoms with Crippen molar-refractivity contribution in [3.63, 3.8) is 0 Å². The molecule has 0 unspecified atom stereocenters. The molecule has 0 bridgehead atoms. The van der Waals surface area contributed by atoms with Gasteiger partial charge in [0.1, 0.15) is 19.0 Å². The van der Waals surface area contributed by atoms with Gasteiger partial charge in [0, 0.05) is 22.3 Å². The predicted octanol–water partition coefficient (Wildman–Crippen LogP) is 4.58. The lowest BCUT2D eigenvalue weighted by molar-refractivity contribution is -0.113. The van der Waals surface area contributed by atoms with Crippen LogP contribution in [0.5, 0.6) is 11.5 Å². The summed E-state index contributed by atoms with van der Waals surface area (Å²) >= 11 is 1.36. The SMILES string of the molecule is O=C(CSc1ccc(NC(=O)c2ccccc2F)cc1)Nc1ccc2c(c1)OCCO2. The third-order valence-corrected chi connectivity index (χ3v) is 5.44. The molecule has 158 valence electrons. The average molecular weight is 438 g/mol. The molecule has 3 aromatic rings. The molecule has 0 saturated carbocycles. The molecule has 0 atom stereocenters. The Balaban J connectivity index is 1.28. The van der Waals surface area contributed by atoms with Crippen LogP contribution < -0.4 is 20.1 Å². The maximum Gasteiger partial charge on any atom is 0.258 e. The van der Waals surface area contributed by atoms with Crippen molar-refractivity contribution in [1.29, 1.82) is 0 Å². The van der Waals surface area contributed by atoms with Crippen LogP contribution in [-0.2, 0) is 4.79 Å². The van der Waals surface area contributed by atoms with Crippen molar-refractivity contribution < 1.29 is 23.5 Å². The van der Waals surface area contributed by atoms with Gasteiger partial charge in [-0.3, -0.25) is 9.59 Å². The molecule has 0 aromatic heterocycles. The number of fused-ring (bicyclic) bond motifs is 1. The highest BCUT2D eigenvalue weighted by Crippen LogP contribution is 2.32. The maximum absolute atomic E-state index is 13.7. The second kappa shape index (κ2) is 9.53. The van der Waals surface area contributed by atoms with Gasteiger partial charge in [-0.25, -0.2) is 4.39 Å². The highest BCUT2D eigenvalue weighted by molar-refractivity contribution is 8.00. The Morgan fingerprint density at radius 3 is 2.35 bits per heavy atom. The van der Waals surface area contributed by atoms with E-state index in [2.05, 4.69) is 10.6 Å². The van der Waals surface area contributed by atoms with Gasteiger partial charge in [-0.05, 0) is 48.5 Å². The summed E-state index contributed by atoms with van der Waals surface area (Å²) in [5.74, 6) is 0.257. The number of carbonyl (C=O) groups is 2. The molecule has 4 rings (SSSR count). The molecule has 31 heavy (non-hydrogen) atoms. The second-order valence-corrected chi connectivity index (χ2v) is 7.70. The van der Waals surface area contributed by atoms with E-state index in [1.807, 2.05) is 0 Å². The van der Waals surface area contributed by atoms with E-state index in [4.69, 9.17) is 9.47 Å². The molecular weight excluding hydrogens is 419 g/mol. The van der Waals surface area contributed by atoms with Gasteiger partial charge < -0.3 is 20.1 Å². The predicted molar refractivity (Wildman–Crippen MR) is 118 cm³/mol. The zero-order valence-corrected chi connectivity index (χ0v) is 17.2. The van der Waals surface area contributed by atoms with E-state index in [0.29, 0.717) is 36.1 Å². The molecule has 1 aliphatic rings. The maximum atomic E-state index is 13.7. The third-order valence-electron chi connectivity index (χ3n) is 4.43. The number of rotatable bonds is 6. The van der Waals surface area contributed by atoms with Crippen LogP contribution in [0.15, 0.2) is 71.6 Å². The van der Waals surface area contributed by atoms with Crippen molar-refractivity contribution in [3.05, 3.63) is 78.1 Å². The monoisotopic (exact) mass is 438 g/mol. The highest BCUT2D eigenvalue weighted by Gasteiger charge is 2.13. The first-order valence-corrected chi connectivity index (χ1v) is 10.6. The van der Waals surface area contributed by atoms with Crippen molar-refractivity contribution in [1.82, 2.24) is 0 Å². The quantitative estimate of drug-likeness (QED) is 0.551. The Kier molecular flexibility index (Phi) is 6.37. The van der Waals surface area contributed by atoms with Crippen LogP contribution in [0.2, 0.25) is 0 Å². The largest absolute Gasteiger partial charge is 0.486 e. The molecule has 0 fully saturated rings. The van der Waals surface area contributed by atoms with Gasteiger partial charge >= 0.3 is 0 Å². The van der Waals surface area contributed by atoms with E-state index in [9.17, 15) is 14.0 Å². The molecule has 1 aliphatic heterocycles. The summed E-state index contributed by atoms with van der Waals surface area (Å²) < 4.78 is 24.7. The Bertz CT molecular complexity index is 1100. The lowest BCUT2D eigenvalue weighted by Gasteiger charge is -2.19. The van der Waals surface area contributed by atoms with Gasteiger partial charge in [-0.1, -0.05) is 12.1 Å². The first kappa shape index (κ1) is 20.7. The first-order chi connectivity index (χ1) is 15.1. The van der Waals surface area contributed by atoms with Gasteiger partial charge in [0.2, 0.25) is 5.91 Å². The smallest absolute Gasteiger partial charge is 0.258 e. The Hall–Kier alpha value is -3.52. The van der Waals surface area contributed by atoms with Crippen molar-refractivity contribution in [2.75, 3.05) is 29.6 Å². The number of benzene rings is 3. The first-order valence-electron chi connectivity index (χ1n) is 9.57. The summed E-state index contributed by atoms with van der Waals surface area (Å²) in [6, 6.07) is 18.1. The fraction of sp³-hybridized carbons (Fsp3) is 0.130. The minimum absolute atomic E-state index is 0.0169. The van der Waals surface area contributed by atoms with Gasteiger partial charge in [0.25, 0.3) is 5.91 Å². The van der Waals surface area contributed by atoms with Crippen LogP contribution in [-0.4, -0.2) is 30.8 Å². The molecule has 2 amide bonds. The number of anilines is 2. The lowest BCUT2D eigenvalue weighted by Crippen LogP contribution is -2.17. The molecular formula is C23H19FN2O4S. The van der Waals surface area contributed by atoms with Crippen LogP contribution in [0, 0.1) is 5.82 Å². The molecule has 1 heterocycles. The van der Waals surface area contributed by atoms with Crippen LogP contribution >= 0.6 is 11.8 Å². The fourth-order valence-electron chi connectivity index (χ4n) is 2.95. The molecule has 8 heteroatoms. The average Bonchev–Trinajstić information content (AvgIpc) is 2.79. The molecule has 2 N–H and O–H groups in total. The van der Waals surface area contributed by atoms with Crippen molar-refractivity contribution in [2.24, 2.45) is 0 Å². The van der Waals surface area contributed by atoms with Crippen molar-refractivity contribution in [2.45, 2.75) is 4.90 Å². The highest BCUT2D eigenvalue weighted by atomic mass is 32.2. The zero-order valence-electron chi connectivity index (χ0n) is 16.4. The number of carbonyl (C=O) groups excluding carboxylic acids is 2. The van der Waals surface area contributed by atoms with Crippen molar-refractivity contribution >= 4 is 35.0 Å². The van der Waals surface area contributed by atoms with Gasteiger partial charge in [-0.2, -0.15) is 0 Å². The van der Waals surface area contributed by atoms with Crippen LogP contribution in [0.25, 0.3) is 0 Å². The molecule has 0 saturated heterocycles. The number of amides is 2. The topological polar surface area (TPSA) is 76.7 Å². The lowest BCUT2D eigenvalue weighted by atomic mass is 10.2. The zero-order chi connectivity index (χ0) is 21.6. The molecule has 0 radical (unpaired) electrons. The summed E-state index contributed by atoms with van der Waals surface area (Å²) in [7, 11) is 0. The second-order valence-electron chi connectivity index (χ2n) is 6.65. The number of ether oxygens (including phenoxy) is 2. The van der Waals surface area contributed by atoms with E-state index in [-0.39, 0.29) is 17.2 Å². The summed E-state index contributed by atoms with van der Waals surface area (Å²) in [5.41, 5.74) is 1.16. The van der Waals surface area contributed by atoms with E-state index in [1.54, 1.807) is 48.5 Å². The van der Waals surface area contributed by atoms with E-state index < -0.39 is 11.7 Å². The number of hydrogen-bond acceptors (Lipinski definition) is 5. The van der Waals surface area contributed by atoms with E-state index >= 15 is 0 Å². The van der Waals surface area contributed by atoms with Gasteiger partial charge in [-0.15, -0.1) is 11.8 Å². The molecule has 6 nitrogen and oxygen atoms in total.